The number of nitrogens with one attached hydrogen (secondary N) is 2. The SMILES string of the molecule is CC(C)(C)[C@@H]1CCc2c(sc(NC(=O)c3ccc(Cl)cc3)c2C(=O)NCc2cccnc2)C1. The lowest BCUT2D eigenvalue weighted by Crippen LogP contribution is -2.28. The summed E-state index contributed by atoms with van der Waals surface area (Å²) in [4.78, 5) is 31.5. The fourth-order valence-corrected chi connectivity index (χ4v) is 5.65. The van der Waals surface area contributed by atoms with Gasteiger partial charge < -0.3 is 10.6 Å². The summed E-state index contributed by atoms with van der Waals surface area (Å²) in [5.41, 5.74) is 3.27. The summed E-state index contributed by atoms with van der Waals surface area (Å²) in [7, 11) is 0. The molecular weight excluding hydrogens is 454 g/mol. The highest BCUT2D eigenvalue weighted by molar-refractivity contribution is 7.17. The first-order chi connectivity index (χ1) is 15.7. The number of hydrogen-bond donors (Lipinski definition) is 2. The van der Waals surface area contributed by atoms with Crippen molar-refractivity contribution in [3.8, 4) is 0 Å². The van der Waals surface area contributed by atoms with Gasteiger partial charge in [-0.05, 0) is 72.1 Å². The molecule has 1 aliphatic carbocycles. The molecule has 4 rings (SSSR count). The molecule has 7 heteroatoms. The number of benzene rings is 1. The zero-order valence-electron chi connectivity index (χ0n) is 19.1. The molecule has 0 fully saturated rings. The van der Waals surface area contributed by atoms with Crippen LogP contribution in [0.5, 0.6) is 0 Å². The zero-order valence-corrected chi connectivity index (χ0v) is 20.6. The summed E-state index contributed by atoms with van der Waals surface area (Å²) < 4.78 is 0. The molecule has 1 atom stereocenters. The molecular formula is C26H28ClN3O2S. The number of carbonyl (C=O) groups excluding carboxylic acids is 2. The topological polar surface area (TPSA) is 71.1 Å². The molecule has 0 aliphatic heterocycles. The number of rotatable bonds is 5. The number of fused-ring (bicyclic) bond motifs is 1. The van der Waals surface area contributed by atoms with Gasteiger partial charge in [-0.1, -0.05) is 38.4 Å². The third kappa shape index (κ3) is 5.45. The van der Waals surface area contributed by atoms with Gasteiger partial charge in [-0.15, -0.1) is 11.3 Å². The normalized spacial score (nSPS) is 15.6. The Balaban J connectivity index is 1.62. The Kier molecular flexibility index (Phi) is 6.86. The Morgan fingerprint density at radius 1 is 1.15 bits per heavy atom. The minimum atomic E-state index is -0.251. The Morgan fingerprint density at radius 2 is 1.91 bits per heavy atom. The van der Waals surface area contributed by atoms with Gasteiger partial charge in [-0.25, -0.2) is 0 Å². The van der Waals surface area contributed by atoms with Gasteiger partial charge in [0.2, 0.25) is 0 Å². The van der Waals surface area contributed by atoms with E-state index in [0.29, 0.717) is 33.6 Å². The van der Waals surface area contributed by atoms with Crippen molar-refractivity contribution >= 4 is 39.8 Å². The second-order valence-electron chi connectivity index (χ2n) is 9.52. The van der Waals surface area contributed by atoms with Gasteiger partial charge in [-0.3, -0.25) is 14.6 Å². The average Bonchev–Trinajstić information content (AvgIpc) is 3.15. The summed E-state index contributed by atoms with van der Waals surface area (Å²) in [6.07, 6.45) is 6.22. The van der Waals surface area contributed by atoms with Crippen molar-refractivity contribution in [3.63, 3.8) is 0 Å². The molecule has 0 bridgehead atoms. The quantitative estimate of drug-likeness (QED) is 0.460. The molecule has 1 aromatic carbocycles. The maximum Gasteiger partial charge on any atom is 0.256 e. The molecule has 0 radical (unpaired) electrons. The van der Waals surface area contributed by atoms with Gasteiger partial charge in [-0.2, -0.15) is 0 Å². The summed E-state index contributed by atoms with van der Waals surface area (Å²) >= 11 is 7.49. The Hall–Kier alpha value is -2.70. The Morgan fingerprint density at radius 3 is 2.58 bits per heavy atom. The summed E-state index contributed by atoms with van der Waals surface area (Å²) in [6, 6.07) is 10.5. The second-order valence-corrected chi connectivity index (χ2v) is 11.1. The number of anilines is 1. The van der Waals surface area contributed by atoms with Crippen molar-refractivity contribution in [1.29, 1.82) is 0 Å². The lowest BCUT2D eigenvalue weighted by molar-refractivity contribution is 0.0950. The highest BCUT2D eigenvalue weighted by Crippen LogP contribution is 2.44. The molecule has 0 saturated carbocycles. The highest BCUT2D eigenvalue weighted by Gasteiger charge is 2.34. The van der Waals surface area contributed by atoms with Crippen LogP contribution in [0.15, 0.2) is 48.8 Å². The third-order valence-electron chi connectivity index (χ3n) is 6.23. The minimum Gasteiger partial charge on any atom is -0.348 e. The molecule has 0 spiro atoms. The summed E-state index contributed by atoms with van der Waals surface area (Å²) in [5, 5.41) is 7.19. The van der Waals surface area contributed by atoms with E-state index in [1.807, 2.05) is 12.1 Å². The first kappa shape index (κ1) is 23.5. The van der Waals surface area contributed by atoms with E-state index in [0.717, 1.165) is 30.4 Å². The van der Waals surface area contributed by atoms with Crippen LogP contribution in [0.1, 0.15) is 63.9 Å². The molecule has 0 unspecified atom stereocenters. The molecule has 5 nitrogen and oxygen atoms in total. The van der Waals surface area contributed by atoms with Gasteiger partial charge in [0.1, 0.15) is 5.00 Å². The summed E-state index contributed by atoms with van der Waals surface area (Å²) in [5.74, 6) is 0.116. The number of thiophene rings is 1. The van der Waals surface area contributed by atoms with Crippen LogP contribution in [0.3, 0.4) is 0 Å². The second kappa shape index (κ2) is 9.65. The van der Waals surface area contributed by atoms with E-state index in [1.165, 1.54) is 16.2 Å². The van der Waals surface area contributed by atoms with Crippen molar-refractivity contribution in [2.75, 3.05) is 5.32 Å². The predicted octanol–water partition coefficient (Wildman–Crippen LogP) is 6.13. The smallest absolute Gasteiger partial charge is 0.256 e. The Bertz CT molecular complexity index is 1150. The van der Waals surface area contributed by atoms with Crippen LogP contribution in [-0.4, -0.2) is 16.8 Å². The molecule has 2 N–H and O–H groups in total. The van der Waals surface area contributed by atoms with Crippen LogP contribution in [0, 0.1) is 11.3 Å². The van der Waals surface area contributed by atoms with E-state index in [-0.39, 0.29) is 17.2 Å². The monoisotopic (exact) mass is 481 g/mol. The molecule has 1 aliphatic rings. The average molecular weight is 482 g/mol. The van der Waals surface area contributed by atoms with Crippen molar-refractivity contribution in [2.45, 2.75) is 46.6 Å². The highest BCUT2D eigenvalue weighted by atomic mass is 35.5. The van der Waals surface area contributed by atoms with Gasteiger partial charge >= 0.3 is 0 Å². The molecule has 2 heterocycles. The van der Waals surface area contributed by atoms with Crippen molar-refractivity contribution in [1.82, 2.24) is 10.3 Å². The van der Waals surface area contributed by atoms with Crippen LogP contribution in [-0.2, 0) is 19.4 Å². The van der Waals surface area contributed by atoms with Crippen molar-refractivity contribution < 1.29 is 9.59 Å². The maximum atomic E-state index is 13.3. The van der Waals surface area contributed by atoms with Gasteiger partial charge in [0.25, 0.3) is 11.8 Å². The third-order valence-corrected chi connectivity index (χ3v) is 7.65. The van der Waals surface area contributed by atoms with E-state index in [1.54, 1.807) is 36.7 Å². The zero-order chi connectivity index (χ0) is 23.6. The van der Waals surface area contributed by atoms with E-state index in [4.69, 9.17) is 11.6 Å². The number of nitrogens with zero attached hydrogens (tertiary/aromatic N) is 1. The predicted molar refractivity (Wildman–Crippen MR) is 134 cm³/mol. The Labute approximate surface area is 203 Å². The van der Waals surface area contributed by atoms with E-state index in [2.05, 4.69) is 36.4 Å². The molecule has 0 saturated heterocycles. The molecule has 3 aromatic rings. The number of halogens is 1. The standard InChI is InChI=1S/C26H28ClN3O2S/c1-26(2,3)18-8-11-20-21(13-18)33-25(30-23(31)17-6-9-19(27)10-7-17)22(20)24(32)29-15-16-5-4-12-28-14-16/h4-7,9-10,12,14,18H,8,11,13,15H2,1-3H3,(H,29,32)(H,30,31)/t18-/m1/s1. The van der Waals surface area contributed by atoms with E-state index >= 15 is 0 Å². The molecule has 2 aromatic heterocycles. The molecule has 172 valence electrons. The number of pyridine rings is 1. The van der Waals surface area contributed by atoms with E-state index in [9.17, 15) is 9.59 Å². The van der Waals surface area contributed by atoms with E-state index < -0.39 is 0 Å². The van der Waals surface area contributed by atoms with Crippen LogP contribution >= 0.6 is 22.9 Å². The number of aromatic nitrogens is 1. The maximum absolute atomic E-state index is 13.3. The van der Waals surface area contributed by atoms with Crippen LogP contribution in [0.25, 0.3) is 0 Å². The largest absolute Gasteiger partial charge is 0.348 e. The molecule has 2 amide bonds. The van der Waals surface area contributed by atoms with Crippen LogP contribution < -0.4 is 10.6 Å². The van der Waals surface area contributed by atoms with Gasteiger partial charge in [0, 0.05) is 34.4 Å². The number of hydrogen-bond acceptors (Lipinski definition) is 4. The number of carbonyl (C=O) groups is 2. The lowest BCUT2D eigenvalue weighted by atomic mass is 9.72. The molecule has 33 heavy (non-hydrogen) atoms. The first-order valence-electron chi connectivity index (χ1n) is 11.1. The van der Waals surface area contributed by atoms with Crippen LogP contribution in [0.4, 0.5) is 5.00 Å². The van der Waals surface area contributed by atoms with Gasteiger partial charge in [0.15, 0.2) is 0 Å². The van der Waals surface area contributed by atoms with Crippen molar-refractivity contribution in [2.24, 2.45) is 11.3 Å². The van der Waals surface area contributed by atoms with Gasteiger partial charge in [0.05, 0.1) is 5.56 Å². The fourth-order valence-electron chi connectivity index (χ4n) is 4.20. The minimum absolute atomic E-state index is 0.169. The lowest BCUT2D eigenvalue weighted by Gasteiger charge is -2.33. The number of amides is 2. The summed E-state index contributed by atoms with van der Waals surface area (Å²) in [6.45, 7) is 7.18. The first-order valence-corrected chi connectivity index (χ1v) is 12.3. The van der Waals surface area contributed by atoms with Crippen molar-refractivity contribution in [3.05, 3.63) is 80.9 Å². The van der Waals surface area contributed by atoms with Crippen LogP contribution in [0.2, 0.25) is 5.02 Å². The fraction of sp³-hybridized carbons (Fsp3) is 0.346.